The summed E-state index contributed by atoms with van der Waals surface area (Å²) in [4.78, 5) is 2.18. The molecule has 2 N–H and O–H groups in total. The zero-order valence-electron chi connectivity index (χ0n) is 7.99. The highest BCUT2D eigenvalue weighted by atomic mass is 79.9. The van der Waals surface area contributed by atoms with Crippen molar-refractivity contribution in [2.24, 2.45) is 5.92 Å². The largest absolute Gasteiger partial charge is 0.395 e. The van der Waals surface area contributed by atoms with Crippen LogP contribution in [0.5, 0.6) is 0 Å². The van der Waals surface area contributed by atoms with Gasteiger partial charge in [0.1, 0.15) is 0 Å². The van der Waals surface area contributed by atoms with Crippen molar-refractivity contribution in [3.8, 4) is 0 Å². The molecule has 0 bridgehead atoms. The SMILES string of the molecule is CC1CCN(CC(O)CBr)C1CO. The Labute approximate surface area is 87.9 Å². The van der Waals surface area contributed by atoms with Crippen molar-refractivity contribution in [2.45, 2.75) is 25.5 Å². The average molecular weight is 252 g/mol. The predicted molar refractivity (Wildman–Crippen MR) is 56.0 cm³/mol. The lowest BCUT2D eigenvalue weighted by atomic mass is 10.0. The Bertz CT molecular complexity index is 157. The summed E-state index contributed by atoms with van der Waals surface area (Å²) in [6.07, 6.45) is 0.805. The summed E-state index contributed by atoms with van der Waals surface area (Å²) in [5.41, 5.74) is 0. The van der Waals surface area contributed by atoms with Gasteiger partial charge in [0.15, 0.2) is 0 Å². The van der Waals surface area contributed by atoms with Gasteiger partial charge in [0.25, 0.3) is 0 Å². The van der Waals surface area contributed by atoms with Gasteiger partial charge in [-0.3, -0.25) is 4.90 Å². The molecule has 3 unspecified atom stereocenters. The highest BCUT2D eigenvalue weighted by molar-refractivity contribution is 9.09. The Hall–Kier alpha value is 0.360. The van der Waals surface area contributed by atoms with Gasteiger partial charge in [-0.1, -0.05) is 22.9 Å². The van der Waals surface area contributed by atoms with Crippen LogP contribution in [0.25, 0.3) is 0 Å². The Morgan fingerprint density at radius 3 is 2.85 bits per heavy atom. The summed E-state index contributed by atoms with van der Waals surface area (Å²) in [5.74, 6) is 0.549. The minimum Gasteiger partial charge on any atom is -0.395 e. The van der Waals surface area contributed by atoms with E-state index in [1.54, 1.807) is 0 Å². The number of nitrogens with zero attached hydrogens (tertiary/aromatic N) is 1. The van der Waals surface area contributed by atoms with Gasteiger partial charge < -0.3 is 10.2 Å². The lowest BCUT2D eigenvalue weighted by molar-refractivity contribution is 0.0876. The molecule has 13 heavy (non-hydrogen) atoms. The highest BCUT2D eigenvalue weighted by Crippen LogP contribution is 2.23. The second-order valence-electron chi connectivity index (χ2n) is 3.82. The summed E-state index contributed by atoms with van der Waals surface area (Å²) in [6, 6.07) is 0.244. The van der Waals surface area contributed by atoms with Crippen LogP contribution in [0.4, 0.5) is 0 Å². The first-order valence-corrected chi connectivity index (χ1v) is 5.90. The molecular weight excluding hydrogens is 234 g/mol. The van der Waals surface area contributed by atoms with Crippen LogP contribution in [0.15, 0.2) is 0 Å². The van der Waals surface area contributed by atoms with Crippen LogP contribution in [0.3, 0.4) is 0 Å². The lowest BCUT2D eigenvalue weighted by Crippen LogP contribution is -2.40. The quantitative estimate of drug-likeness (QED) is 0.714. The third-order valence-electron chi connectivity index (χ3n) is 2.81. The number of rotatable bonds is 4. The molecule has 0 aromatic heterocycles. The van der Waals surface area contributed by atoms with E-state index in [-0.39, 0.29) is 18.8 Å². The summed E-state index contributed by atoms with van der Waals surface area (Å²) in [5, 5.41) is 19.2. The molecule has 1 saturated heterocycles. The molecule has 0 amide bonds. The van der Waals surface area contributed by atoms with E-state index in [4.69, 9.17) is 5.11 Å². The van der Waals surface area contributed by atoms with Crippen LogP contribution in [0.1, 0.15) is 13.3 Å². The van der Waals surface area contributed by atoms with Crippen molar-refractivity contribution in [3.63, 3.8) is 0 Å². The molecule has 4 heteroatoms. The number of aliphatic hydroxyl groups is 2. The Balaban J connectivity index is 2.41. The molecule has 1 rings (SSSR count). The van der Waals surface area contributed by atoms with Crippen molar-refractivity contribution in [2.75, 3.05) is 25.0 Å². The van der Waals surface area contributed by atoms with Crippen LogP contribution in [-0.4, -0.2) is 52.3 Å². The lowest BCUT2D eigenvalue weighted by Gasteiger charge is -2.26. The van der Waals surface area contributed by atoms with Gasteiger partial charge in [-0.15, -0.1) is 0 Å². The van der Waals surface area contributed by atoms with Gasteiger partial charge in [0, 0.05) is 17.9 Å². The minimum absolute atomic E-state index is 0.205. The maximum atomic E-state index is 9.45. The van der Waals surface area contributed by atoms with Crippen molar-refractivity contribution in [3.05, 3.63) is 0 Å². The number of alkyl halides is 1. The van der Waals surface area contributed by atoms with Crippen molar-refractivity contribution >= 4 is 15.9 Å². The molecule has 1 aliphatic rings. The van der Waals surface area contributed by atoms with E-state index < -0.39 is 0 Å². The van der Waals surface area contributed by atoms with E-state index >= 15 is 0 Å². The molecule has 0 aromatic carbocycles. The number of hydrogen-bond donors (Lipinski definition) is 2. The maximum Gasteiger partial charge on any atom is 0.0763 e. The summed E-state index contributed by atoms with van der Waals surface area (Å²) < 4.78 is 0. The van der Waals surface area contributed by atoms with E-state index in [0.717, 1.165) is 13.0 Å². The number of β-amino-alcohol motifs (C(OH)–C–C–N with tert-alkyl or cyclic N) is 1. The first-order chi connectivity index (χ1) is 6.19. The third kappa shape index (κ3) is 2.91. The minimum atomic E-state index is -0.320. The first-order valence-electron chi connectivity index (χ1n) is 4.78. The second kappa shape index (κ2) is 5.29. The highest BCUT2D eigenvalue weighted by Gasteiger charge is 2.31. The molecule has 78 valence electrons. The topological polar surface area (TPSA) is 43.7 Å². The van der Waals surface area contributed by atoms with Crippen molar-refractivity contribution < 1.29 is 10.2 Å². The van der Waals surface area contributed by atoms with Gasteiger partial charge in [-0.05, 0) is 18.9 Å². The molecule has 0 radical (unpaired) electrons. The second-order valence-corrected chi connectivity index (χ2v) is 4.47. The fraction of sp³-hybridized carbons (Fsp3) is 1.00. The van der Waals surface area contributed by atoms with Crippen LogP contribution in [-0.2, 0) is 0 Å². The number of halogens is 1. The molecular formula is C9H18BrNO2. The van der Waals surface area contributed by atoms with Gasteiger partial charge in [-0.2, -0.15) is 0 Å². The van der Waals surface area contributed by atoms with Crippen molar-refractivity contribution in [1.29, 1.82) is 0 Å². The molecule has 0 aliphatic carbocycles. The van der Waals surface area contributed by atoms with Gasteiger partial charge >= 0.3 is 0 Å². The van der Waals surface area contributed by atoms with E-state index in [1.807, 2.05) is 0 Å². The fourth-order valence-electron chi connectivity index (χ4n) is 1.93. The summed E-state index contributed by atoms with van der Waals surface area (Å²) >= 11 is 3.24. The van der Waals surface area contributed by atoms with Gasteiger partial charge in [0.2, 0.25) is 0 Å². The molecule has 3 atom stereocenters. The van der Waals surface area contributed by atoms with E-state index in [9.17, 15) is 5.11 Å². The number of hydrogen-bond acceptors (Lipinski definition) is 3. The molecule has 3 nitrogen and oxygen atoms in total. The zero-order chi connectivity index (χ0) is 9.84. The van der Waals surface area contributed by atoms with E-state index in [1.165, 1.54) is 0 Å². The maximum absolute atomic E-state index is 9.45. The van der Waals surface area contributed by atoms with Crippen LogP contribution in [0, 0.1) is 5.92 Å². The van der Waals surface area contributed by atoms with Crippen molar-refractivity contribution in [1.82, 2.24) is 4.90 Å². The molecule has 0 saturated carbocycles. The Kier molecular flexibility index (Phi) is 4.66. The summed E-state index contributed by atoms with van der Waals surface area (Å²) in [7, 11) is 0. The predicted octanol–water partition coefficient (Wildman–Crippen LogP) is 0.445. The fourth-order valence-corrected chi connectivity index (χ4v) is 2.13. The number of likely N-dealkylation sites (tertiary alicyclic amines) is 1. The smallest absolute Gasteiger partial charge is 0.0763 e. The van der Waals surface area contributed by atoms with E-state index in [0.29, 0.717) is 17.8 Å². The molecule has 0 aromatic rings. The third-order valence-corrected chi connectivity index (χ3v) is 3.56. The average Bonchev–Trinajstić information content (AvgIpc) is 2.46. The zero-order valence-corrected chi connectivity index (χ0v) is 9.57. The monoisotopic (exact) mass is 251 g/mol. The van der Waals surface area contributed by atoms with Crippen LogP contribution >= 0.6 is 15.9 Å². The van der Waals surface area contributed by atoms with Crippen LogP contribution < -0.4 is 0 Å². The summed E-state index contributed by atoms with van der Waals surface area (Å²) in [6.45, 7) is 4.02. The molecule has 1 heterocycles. The molecule has 0 spiro atoms. The van der Waals surface area contributed by atoms with Crippen LogP contribution in [0.2, 0.25) is 0 Å². The normalized spacial score (nSPS) is 32.3. The molecule has 1 fully saturated rings. The Morgan fingerprint density at radius 1 is 1.62 bits per heavy atom. The first kappa shape index (κ1) is 11.4. The molecule has 1 aliphatic heterocycles. The Morgan fingerprint density at radius 2 is 2.31 bits per heavy atom. The standard InChI is InChI=1S/C9H18BrNO2/c1-7-2-3-11(9(7)6-12)5-8(13)4-10/h7-9,12-13H,2-6H2,1H3. The van der Waals surface area contributed by atoms with Gasteiger partial charge in [0.05, 0.1) is 12.7 Å². The van der Waals surface area contributed by atoms with E-state index in [2.05, 4.69) is 27.8 Å². The number of aliphatic hydroxyl groups excluding tert-OH is 2. The van der Waals surface area contributed by atoms with Gasteiger partial charge in [-0.25, -0.2) is 0 Å².